The zero-order valence-electron chi connectivity index (χ0n) is 23.9. The maximum atomic E-state index is 13.6. The number of amides is 1. The predicted molar refractivity (Wildman–Crippen MR) is 153 cm³/mol. The molecule has 5 unspecified atom stereocenters. The maximum Gasteiger partial charge on any atom is 0.240 e. The van der Waals surface area contributed by atoms with E-state index in [1.807, 2.05) is 6.08 Å². The SMILES string of the molecule is CC(C)C[C@@H]1CCO[C@@H]2[C@H](CN[C@@H]2C(=O)N[C@@H]2C/C=C\C[C@H](CN3CCOCC3)SC3OC2C(O)C(O)C3O)C1. The van der Waals surface area contributed by atoms with Crippen molar-refractivity contribution in [3.05, 3.63) is 12.2 Å². The first kappa shape index (κ1) is 30.7. The third-order valence-corrected chi connectivity index (χ3v) is 10.5. The lowest BCUT2D eigenvalue weighted by Crippen LogP contribution is -2.64. The molecule has 5 N–H and O–H groups in total. The van der Waals surface area contributed by atoms with Crippen LogP contribution in [-0.2, 0) is 19.0 Å². The number of allylic oxidation sites excluding steroid dienone is 1. The van der Waals surface area contributed by atoms with E-state index in [4.69, 9.17) is 14.2 Å². The van der Waals surface area contributed by atoms with E-state index in [9.17, 15) is 20.1 Å². The van der Waals surface area contributed by atoms with Crippen molar-refractivity contribution >= 4 is 17.7 Å². The van der Waals surface area contributed by atoms with Gasteiger partial charge in [0.25, 0.3) is 0 Å². The van der Waals surface area contributed by atoms with E-state index in [2.05, 4.69) is 35.5 Å². The lowest BCUT2D eigenvalue weighted by molar-refractivity contribution is -0.205. The molecule has 4 fully saturated rings. The molecule has 0 aromatic rings. The molecule has 0 aromatic carbocycles. The Morgan fingerprint density at radius 2 is 1.85 bits per heavy atom. The molecule has 4 saturated heterocycles. The van der Waals surface area contributed by atoms with E-state index in [0.717, 1.165) is 45.4 Å². The Morgan fingerprint density at radius 1 is 1.07 bits per heavy atom. The minimum absolute atomic E-state index is 0.148. The molecule has 0 saturated carbocycles. The average Bonchev–Trinajstić information content (AvgIpc) is 3.22. The van der Waals surface area contributed by atoms with Crippen LogP contribution in [0.25, 0.3) is 0 Å². The highest BCUT2D eigenvalue weighted by Crippen LogP contribution is 2.36. The van der Waals surface area contributed by atoms with Gasteiger partial charge in [0, 0.05) is 38.0 Å². The second-order valence-electron chi connectivity index (χ2n) is 12.7. The second-order valence-corrected chi connectivity index (χ2v) is 14.1. The summed E-state index contributed by atoms with van der Waals surface area (Å²) in [5.41, 5.74) is -0.711. The normalized spacial score (nSPS) is 44.0. The number of ether oxygens (including phenoxy) is 3. The van der Waals surface area contributed by atoms with Gasteiger partial charge in [-0.05, 0) is 49.9 Å². The van der Waals surface area contributed by atoms with Gasteiger partial charge in [0.15, 0.2) is 0 Å². The zero-order valence-corrected chi connectivity index (χ0v) is 24.7. The molecule has 1 amide bonds. The molecule has 0 radical (unpaired) electrons. The summed E-state index contributed by atoms with van der Waals surface area (Å²) < 4.78 is 18.0. The third-order valence-electron chi connectivity index (χ3n) is 9.13. The molecule has 5 aliphatic rings. The number of nitrogens with zero attached hydrogens (tertiary/aromatic N) is 1. The van der Waals surface area contributed by atoms with Crippen molar-refractivity contribution in [2.45, 2.75) is 99.2 Å². The van der Waals surface area contributed by atoms with Crippen molar-refractivity contribution < 1.29 is 34.3 Å². The first-order chi connectivity index (χ1) is 19.3. The molecule has 0 spiro atoms. The standard InChI is InChI=1S/C29H49N3O7S/c1-17(2)13-18-7-10-38-26-19(14-18)15-30-22(26)28(36)31-21-6-4-3-5-20(16-32-8-11-37-12-9-32)40-29-25(35)23(33)24(34)27(21)39-29/h3-4,17-27,29-30,33-35H,5-16H2,1-2H3,(H,31,36)/b4-3-/t18-,19-,20+,21+,22-,23?,24?,25?,26+,27?,29?/m0/s1. The minimum atomic E-state index is -1.36. The van der Waals surface area contributed by atoms with Gasteiger partial charge in [0.1, 0.15) is 35.9 Å². The second kappa shape index (κ2) is 14.1. The first-order valence-corrected chi connectivity index (χ1v) is 16.2. The van der Waals surface area contributed by atoms with Crippen LogP contribution in [0.4, 0.5) is 0 Å². The summed E-state index contributed by atoms with van der Waals surface area (Å²) >= 11 is 1.50. The molecule has 2 bridgehead atoms. The lowest BCUT2D eigenvalue weighted by Gasteiger charge is -2.45. The number of aliphatic hydroxyl groups is 3. The van der Waals surface area contributed by atoms with Crippen LogP contribution in [0.5, 0.6) is 0 Å². The Balaban J connectivity index is 1.26. The fourth-order valence-electron chi connectivity index (χ4n) is 7.06. The van der Waals surface area contributed by atoms with Crippen molar-refractivity contribution in [2.75, 3.05) is 46.0 Å². The molecule has 0 aromatic heterocycles. The number of fused-ring (bicyclic) bond motifs is 3. The van der Waals surface area contributed by atoms with Crippen LogP contribution in [0.15, 0.2) is 12.2 Å². The number of nitrogens with one attached hydrogen (secondary N) is 2. The van der Waals surface area contributed by atoms with Crippen molar-refractivity contribution in [3.8, 4) is 0 Å². The summed E-state index contributed by atoms with van der Waals surface area (Å²) in [5, 5.41) is 39.2. The summed E-state index contributed by atoms with van der Waals surface area (Å²) in [5.74, 6) is 1.38. The number of rotatable bonds is 6. The van der Waals surface area contributed by atoms with E-state index < -0.39 is 41.9 Å². The first-order valence-electron chi connectivity index (χ1n) is 15.3. The van der Waals surface area contributed by atoms with E-state index in [0.29, 0.717) is 44.0 Å². The highest BCUT2D eigenvalue weighted by molar-refractivity contribution is 8.00. The summed E-state index contributed by atoms with van der Waals surface area (Å²) in [4.78, 5) is 16.0. The van der Waals surface area contributed by atoms with Crippen LogP contribution in [0.2, 0.25) is 0 Å². The smallest absolute Gasteiger partial charge is 0.240 e. The van der Waals surface area contributed by atoms with Crippen molar-refractivity contribution in [3.63, 3.8) is 0 Å². The van der Waals surface area contributed by atoms with Gasteiger partial charge in [-0.15, -0.1) is 11.8 Å². The largest absolute Gasteiger partial charge is 0.388 e. The summed E-state index contributed by atoms with van der Waals surface area (Å²) in [7, 11) is 0. The summed E-state index contributed by atoms with van der Waals surface area (Å²) in [6, 6.07) is -1.03. The topological polar surface area (TPSA) is 133 Å². The minimum Gasteiger partial charge on any atom is -0.388 e. The average molecular weight is 584 g/mol. The van der Waals surface area contributed by atoms with Crippen molar-refractivity contribution in [1.82, 2.24) is 15.5 Å². The number of aliphatic hydroxyl groups excluding tert-OH is 3. The molecule has 0 aliphatic carbocycles. The highest BCUT2D eigenvalue weighted by Gasteiger charge is 2.49. The predicted octanol–water partition coefficient (Wildman–Crippen LogP) is 0.492. The number of hydrogen-bond acceptors (Lipinski definition) is 10. The van der Waals surface area contributed by atoms with E-state index in [-0.39, 0.29) is 17.3 Å². The third kappa shape index (κ3) is 7.41. The van der Waals surface area contributed by atoms with Gasteiger partial charge in [0.2, 0.25) is 5.91 Å². The zero-order chi connectivity index (χ0) is 28.2. The van der Waals surface area contributed by atoms with Gasteiger partial charge < -0.3 is 40.2 Å². The monoisotopic (exact) mass is 583 g/mol. The number of thioether (sulfide) groups is 1. The van der Waals surface area contributed by atoms with Crippen LogP contribution < -0.4 is 10.6 Å². The number of morpholine rings is 1. The Hall–Kier alpha value is -0.760. The van der Waals surface area contributed by atoms with Gasteiger partial charge in [-0.25, -0.2) is 0 Å². The molecule has 40 heavy (non-hydrogen) atoms. The van der Waals surface area contributed by atoms with Crippen LogP contribution >= 0.6 is 11.8 Å². The van der Waals surface area contributed by atoms with Crippen LogP contribution in [0.3, 0.4) is 0 Å². The van der Waals surface area contributed by atoms with E-state index >= 15 is 0 Å². The Morgan fingerprint density at radius 3 is 2.62 bits per heavy atom. The fraction of sp³-hybridized carbons (Fsp3) is 0.897. The number of carbonyl (C=O) groups is 1. The fourth-order valence-corrected chi connectivity index (χ4v) is 8.48. The summed E-state index contributed by atoms with van der Waals surface area (Å²) in [6.45, 7) is 9.90. The van der Waals surface area contributed by atoms with Crippen LogP contribution in [0.1, 0.15) is 46.0 Å². The van der Waals surface area contributed by atoms with Crippen molar-refractivity contribution in [1.29, 1.82) is 0 Å². The molecule has 5 rings (SSSR count). The van der Waals surface area contributed by atoms with Crippen molar-refractivity contribution in [2.24, 2.45) is 17.8 Å². The molecule has 228 valence electrons. The molecule has 11 heteroatoms. The Kier molecular flexibility index (Phi) is 10.8. The molecule has 10 nitrogen and oxygen atoms in total. The lowest BCUT2D eigenvalue weighted by atomic mass is 9.85. The maximum absolute atomic E-state index is 13.6. The van der Waals surface area contributed by atoms with Crippen LogP contribution in [0, 0.1) is 17.8 Å². The molecular weight excluding hydrogens is 534 g/mol. The molecule has 5 heterocycles. The van der Waals surface area contributed by atoms with Gasteiger partial charge in [-0.1, -0.05) is 26.0 Å². The van der Waals surface area contributed by atoms with E-state index in [1.54, 1.807) is 0 Å². The Bertz CT molecular complexity index is 859. The molecule has 5 aliphatic heterocycles. The number of carbonyl (C=O) groups excluding carboxylic acids is 1. The Labute approximate surface area is 242 Å². The number of hydrogen-bond donors (Lipinski definition) is 5. The van der Waals surface area contributed by atoms with E-state index in [1.165, 1.54) is 18.2 Å². The van der Waals surface area contributed by atoms with Gasteiger partial charge >= 0.3 is 0 Å². The molecule has 11 atom stereocenters. The molecular formula is C29H49N3O7S. The van der Waals surface area contributed by atoms with Crippen LogP contribution in [-0.4, -0.2) is 125 Å². The van der Waals surface area contributed by atoms with Gasteiger partial charge in [0.05, 0.1) is 25.4 Å². The highest BCUT2D eigenvalue weighted by atomic mass is 32.2. The summed E-state index contributed by atoms with van der Waals surface area (Å²) in [6.07, 6.45) is 3.72. The quantitative estimate of drug-likeness (QED) is 0.282. The van der Waals surface area contributed by atoms with Gasteiger partial charge in [-0.3, -0.25) is 9.69 Å². The van der Waals surface area contributed by atoms with Gasteiger partial charge in [-0.2, -0.15) is 0 Å².